The fourth-order valence-electron chi connectivity index (χ4n) is 2.63. The van der Waals surface area contributed by atoms with Crippen LogP contribution in [0.15, 0.2) is 30.5 Å². The lowest BCUT2D eigenvalue weighted by Crippen LogP contribution is -2.06. The molecule has 0 radical (unpaired) electrons. The molecular weight excluding hydrogens is 257 g/mol. The first-order valence-electron chi connectivity index (χ1n) is 6.94. The Morgan fingerprint density at radius 3 is 2.85 bits per heavy atom. The summed E-state index contributed by atoms with van der Waals surface area (Å²) in [5.74, 6) is 0.127. The topological polar surface area (TPSA) is 53.1 Å². The molecule has 1 aliphatic rings. The normalized spacial score (nSPS) is 15.7. The van der Waals surface area contributed by atoms with E-state index >= 15 is 0 Å². The minimum Gasteiger partial charge on any atom is -0.485 e. The molecule has 1 saturated carbocycles. The minimum atomic E-state index is -0.361. The number of aromatic nitrogens is 2. The van der Waals surface area contributed by atoms with Crippen molar-refractivity contribution < 1.29 is 9.13 Å². The van der Waals surface area contributed by atoms with Gasteiger partial charge in [-0.05, 0) is 31.0 Å². The molecule has 4 nitrogen and oxygen atoms in total. The van der Waals surface area contributed by atoms with E-state index in [1.165, 1.54) is 37.8 Å². The molecule has 1 aromatic carbocycles. The predicted molar refractivity (Wildman–Crippen MR) is 74.9 cm³/mol. The molecular formula is C15H18FN3O. The van der Waals surface area contributed by atoms with Gasteiger partial charge in [-0.2, -0.15) is 5.10 Å². The Balaban J connectivity index is 1.63. The van der Waals surface area contributed by atoms with Crippen molar-refractivity contribution in [3.8, 4) is 5.75 Å². The third kappa shape index (κ3) is 2.76. The Hall–Kier alpha value is -2.04. The second-order valence-electron chi connectivity index (χ2n) is 5.20. The maximum atomic E-state index is 12.9. The fourth-order valence-corrected chi connectivity index (χ4v) is 2.63. The summed E-state index contributed by atoms with van der Waals surface area (Å²) in [4.78, 5) is 0. The molecule has 0 bridgehead atoms. The summed E-state index contributed by atoms with van der Waals surface area (Å²) in [7, 11) is 0. The van der Waals surface area contributed by atoms with Gasteiger partial charge in [0.15, 0.2) is 0 Å². The van der Waals surface area contributed by atoms with Crippen LogP contribution in [-0.2, 0) is 6.61 Å². The van der Waals surface area contributed by atoms with E-state index in [4.69, 9.17) is 10.5 Å². The van der Waals surface area contributed by atoms with E-state index in [0.717, 1.165) is 5.69 Å². The molecule has 0 amide bonds. The van der Waals surface area contributed by atoms with E-state index in [-0.39, 0.29) is 5.82 Å². The SMILES string of the molecule is Nc1cc(F)ccc1OCc1ccn(C2CCCC2)n1. The van der Waals surface area contributed by atoms with E-state index in [1.807, 2.05) is 16.9 Å². The van der Waals surface area contributed by atoms with Gasteiger partial charge in [-0.25, -0.2) is 4.39 Å². The lowest BCUT2D eigenvalue weighted by Gasteiger charge is -2.09. The number of nitrogen functional groups attached to an aromatic ring is 1. The number of ether oxygens (including phenoxy) is 1. The van der Waals surface area contributed by atoms with Crippen molar-refractivity contribution in [2.24, 2.45) is 0 Å². The standard InChI is InChI=1S/C15H18FN3O/c16-11-5-6-15(14(17)9-11)20-10-12-7-8-19(18-12)13-3-1-2-4-13/h5-9,13H,1-4,10,17H2. The summed E-state index contributed by atoms with van der Waals surface area (Å²) in [6.45, 7) is 0.343. The van der Waals surface area contributed by atoms with Crippen molar-refractivity contribution in [1.29, 1.82) is 0 Å². The summed E-state index contributed by atoms with van der Waals surface area (Å²) >= 11 is 0. The zero-order chi connectivity index (χ0) is 13.9. The fraction of sp³-hybridized carbons (Fsp3) is 0.400. The van der Waals surface area contributed by atoms with E-state index in [2.05, 4.69) is 5.10 Å². The number of rotatable bonds is 4. The molecule has 1 heterocycles. The third-order valence-corrected chi connectivity index (χ3v) is 3.71. The zero-order valence-corrected chi connectivity index (χ0v) is 11.3. The van der Waals surface area contributed by atoms with Crippen LogP contribution < -0.4 is 10.5 Å². The van der Waals surface area contributed by atoms with Gasteiger partial charge >= 0.3 is 0 Å². The van der Waals surface area contributed by atoms with Gasteiger partial charge in [0.05, 0.1) is 17.4 Å². The van der Waals surface area contributed by atoms with Crippen LogP contribution in [0.25, 0.3) is 0 Å². The quantitative estimate of drug-likeness (QED) is 0.871. The smallest absolute Gasteiger partial charge is 0.142 e. The predicted octanol–water partition coefficient (Wildman–Crippen LogP) is 3.30. The van der Waals surface area contributed by atoms with Crippen LogP contribution in [0.4, 0.5) is 10.1 Å². The summed E-state index contributed by atoms with van der Waals surface area (Å²) in [6.07, 6.45) is 6.97. The highest BCUT2D eigenvalue weighted by Crippen LogP contribution is 2.29. The minimum absolute atomic E-state index is 0.306. The first-order valence-corrected chi connectivity index (χ1v) is 6.94. The maximum absolute atomic E-state index is 12.9. The molecule has 106 valence electrons. The number of benzene rings is 1. The van der Waals surface area contributed by atoms with Crippen molar-refractivity contribution >= 4 is 5.69 Å². The lowest BCUT2D eigenvalue weighted by atomic mass is 10.3. The first kappa shape index (κ1) is 13.0. The van der Waals surface area contributed by atoms with Crippen LogP contribution in [0, 0.1) is 5.82 Å². The monoisotopic (exact) mass is 275 g/mol. The van der Waals surface area contributed by atoms with Gasteiger partial charge < -0.3 is 10.5 Å². The molecule has 2 N–H and O–H groups in total. The number of nitrogens with zero attached hydrogens (tertiary/aromatic N) is 2. The Morgan fingerprint density at radius 1 is 1.30 bits per heavy atom. The second-order valence-corrected chi connectivity index (χ2v) is 5.20. The van der Waals surface area contributed by atoms with Crippen LogP contribution in [0.5, 0.6) is 5.75 Å². The highest BCUT2D eigenvalue weighted by molar-refractivity contribution is 5.52. The number of nitrogens with two attached hydrogens (primary N) is 1. The molecule has 0 spiro atoms. The average molecular weight is 275 g/mol. The number of hydrogen-bond acceptors (Lipinski definition) is 3. The molecule has 5 heteroatoms. The van der Waals surface area contributed by atoms with E-state index in [1.54, 1.807) is 6.07 Å². The van der Waals surface area contributed by atoms with Crippen LogP contribution in [0.1, 0.15) is 37.4 Å². The van der Waals surface area contributed by atoms with Gasteiger partial charge in [0, 0.05) is 12.3 Å². The molecule has 0 unspecified atom stereocenters. The van der Waals surface area contributed by atoms with Gasteiger partial charge in [-0.1, -0.05) is 12.8 Å². The Morgan fingerprint density at radius 2 is 2.10 bits per heavy atom. The molecule has 0 aliphatic heterocycles. The number of hydrogen-bond donors (Lipinski definition) is 1. The maximum Gasteiger partial charge on any atom is 0.142 e. The molecule has 20 heavy (non-hydrogen) atoms. The van der Waals surface area contributed by atoms with Gasteiger partial charge in [0.25, 0.3) is 0 Å². The Labute approximate surface area is 117 Å². The highest BCUT2D eigenvalue weighted by atomic mass is 19.1. The van der Waals surface area contributed by atoms with E-state index in [9.17, 15) is 4.39 Å². The third-order valence-electron chi connectivity index (χ3n) is 3.71. The molecule has 1 aliphatic carbocycles. The summed E-state index contributed by atoms with van der Waals surface area (Å²) in [6, 6.07) is 6.62. The van der Waals surface area contributed by atoms with Crippen LogP contribution in [0.3, 0.4) is 0 Å². The van der Waals surface area contributed by atoms with Gasteiger partial charge in [0.2, 0.25) is 0 Å². The van der Waals surface area contributed by atoms with Crippen LogP contribution >= 0.6 is 0 Å². The highest BCUT2D eigenvalue weighted by Gasteiger charge is 2.17. The molecule has 2 aromatic rings. The molecule has 3 rings (SSSR count). The van der Waals surface area contributed by atoms with Gasteiger partial charge in [-0.3, -0.25) is 4.68 Å². The summed E-state index contributed by atoms with van der Waals surface area (Å²) in [5.41, 5.74) is 6.87. The van der Waals surface area contributed by atoms with Crippen LogP contribution in [-0.4, -0.2) is 9.78 Å². The summed E-state index contributed by atoms with van der Waals surface area (Å²) < 4.78 is 20.5. The van der Waals surface area contributed by atoms with Crippen molar-refractivity contribution in [2.75, 3.05) is 5.73 Å². The average Bonchev–Trinajstić information content (AvgIpc) is 3.08. The Kier molecular flexibility index (Phi) is 3.58. The van der Waals surface area contributed by atoms with E-state index in [0.29, 0.717) is 24.1 Å². The zero-order valence-electron chi connectivity index (χ0n) is 11.3. The van der Waals surface area contributed by atoms with Crippen molar-refractivity contribution in [1.82, 2.24) is 9.78 Å². The number of anilines is 1. The second kappa shape index (κ2) is 5.53. The van der Waals surface area contributed by atoms with Crippen molar-refractivity contribution in [3.63, 3.8) is 0 Å². The van der Waals surface area contributed by atoms with E-state index < -0.39 is 0 Å². The number of halogens is 1. The first-order chi connectivity index (χ1) is 9.72. The van der Waals surface area contributed by atoms with Gasteiger partial charge in [0.1, 0.15) is 18.2 Å². The largest absolute Gasteiger partial charge is 0.485 e. The van der Waals surface area contributed by atoms with Crippen molar-refractivity contribution in [3.05, 3.63) is 42.0 Å². The Bertz CT molecular complexity index is 591. The van der Waals surface area contributed by atoms with Gasteiger partial charge in [-0.15, -0.1) is 0 Å². The summed E-state index contributed by atoms with van der Waals surface area (Å²) in [5, 5.41) is 4.53. The molecule has 1 aromatic heterocycles. The molecule has 0 saturated heterocycles. The molecule has 0 atom stereocenters. The molecule has 1 fully saturated rings. The van der Waals surface area contributed by atoms with Crippen molar-refractivity contribution in [2.45, 2.75) is 38.3 Å². The lowest BCUT2D eigenvalue weighted by molar-refractivity contribution is 0.299. The van der Waals surface area contributed by atoms with Crippen LogP contribution in [0.2, 0.25) is 0 Å².